The second kappa shape index (κ2) is 8.35. The van der Waals surface area contributed by atoms with E-state index in [2.05, 4.69) is 51.2 Å². The van der Waals surface area contributed by atoms with Crippen LogP contribution in [0.3, 0.4) is 0 Å². The van der Waals surface area contributed by atoms with Crippen molar-refractivity contribution in [1.29, 1.82) is 0 Å². The average molecular weight is 366 g/mol. The van der Waals surface area contributed by atoms with E-state index >= 15 is 0 Å². The van der Waals surface area contributed by atoms with E-state index in [0.717, 1.165) is 41.4 Å². The molecule has 0 fully saturated rings. The Morgan fingerprint density at radius 1 is 1.00 bits per heavy atom. The summed E-state index contributed by atoms with van der Waals surface area (Å²) in [4.78, 5) is 18.1. The molecule has 7 nitrogen and oxygen atoms in total. The maximum Gasteiger partial charge on any atom is 0.276 e. The lowest BCUT2D eigenvalue weighted by atomic mass is 10.2. The summed E-state index contributed by atoms with van der Waals surface area (Å²) in [6.07, 6.45) is 0.816. The molecule has 0 atom stereocenters. The van der Waals surface area contributed by atoms with E-state index in [1.165, 1.54) is 0 Å². The predicted octanol–water partition coefficient (Wildman–Crippen LogP) is 3.51. The largest absolute Gasteiger partial charge is 0.332 e. The van der Waals surface area contributed by atoms with Crippen molar-refractivity contribution in [2.75, 3.05) is 6.54 Å². The molecule has 1 N–H and O–H groups in total. The fourth-order valence-electron chi connectivity index (χ4n) is 2.80. The van der Waals surface area contributed by atoms with Gasteiger partial charge in [-0.3, -0.25) is 4.98 Å². The summed E-state index contributed by atoms with van der Waals surface area (Å²) in [5, 5.41) is 7.50. The zero-order chi connectivity index (χ0) is 19.4. The molecule has 0 spiro atoms. The van der Waals surface area contributed by atoms with Gasteiger partial charge in [0.2, 0.25) is 5.82 Å². The second-order valence-corrected chi connectivity index (χ2v) is 7.10. The van der Waals surface area contributed by atoms with Gasteiger partial charge < -0.3 is 9.84 Å². The molecule has 3 aromatic rings. The van der Waals surface area contributed by atoms with Crippen molar-refractivity contribution in [2.45, 2.75) is 47.6 Å². The molecule has 0 saturated carbocycles. The van der Waals surface area contributed by atoms with Crippen LogP contribution in [0.5, 0.6) is 0 Å². The standard InChI is InChI=1S/C20H26N6O/c1-6-16-9-17(24-18(23-16)11-21-10-12(2)3)20-25-19(26-27-20)15-7-13(4)22-14(5)8-15/h7-9,12,21H,6,10-11H2,1-5H3. The van der Waals surface area contributed by atoms with Gasteiger partial charge in [0.05, 0.1) is 6.54 Å². The Bertz CT molecular complexity index is 898. The number of rotatable bonds is 7. The van der Waals surface area contributed by atoms with Gasteiger partial charge in [0.25, 0.3) is 5.89 Å². The first-order valence-electron chi connectivity index (χ1n) is 9.32. The van der Waals surface area contributed by atoms with E-state index in [-0.39, 0.29) is 0 Å². The maximum atomic E-state index is 5.49. The minimum Gasteiger partial charge on any atom is -0.332 e. The second-order valence-electron chi connectivity index (χ2n) is 7.10. The van der Waals surface area contributed by atoms with Gasteiger partial charge in [0.1, 0.15) is 11.5 Å². The molecule has 0 radical (unpaired) electrons. The molecule has 0 saturated heterocycles. The zero-order valence-corrected chi connectivity index (χ0v) is 16.6. The lowest BCUT2D eigenvalue weighted by molar-refractivity contribution is 0.430. The fraction of sp³-hybridized carbons (Fsp3) is 0.450. The van der Waals surface area contributed by atoms with Gasteiger partial charge in [0.15, 0.2) is 0 Å². The number of hydrogen-bond acceptors (Lipinski definition) is 7. The Morgan fingerprint density at radius 3 is 2.41 bits per heavy atom. The molecule has 7 heteroatoms. The number of aryl methyl sites for hydroxylation is 3. The van der Waals surface area contributed by atoms with Gasteiger partial charge in [-0.25, -0.2) is 9.97 Å². The highest BCUT2D eigenvalue weighted by molar-refractivity contribution is 5.58. The first-order chi connectivity index (χ1) is 12.9. The highest BCUT2D eigenvalue weighted by atomic mass is 16.5. The number of pyridine rings is 1. The summed E-state index contributed by atoms with van der Waals surface area (Å²) in [5.41, 5.74) is 4.34. The molecule has 3 aromatic heterocycles. The van der Waals surface area contributed by atoms with E-state index in [4.69, 9.17) is 4.52 Å². The first kappa shape index (κ1) is 19.1. The van der Waals surface area contributed by atoms with Crippen LogP contribution in [0.1, 0.15) is 43.7 Å². The molecule has 3 heterocycles. The normalized spacial score (nSPS) is 11.3. The van der Waals surface area contributed by atoms with Gasteiger partial charge in [-0.05, 0) is 50.9 Å². The van der Waals surface area contributed by atoms with Crippen LogP contribution in [-0.4, -0.2) is 31.6 Å². The summed E-state index contributed by atoms with van der Waals surface area (Å²) < 4.78 is 5.49. The van der Waals surface area contributed by atoms with E-state index in [1.54, 1.807) is 0 Å². The smallest absolute Gasteiger partial charge is 0.276 e. The quantitative estimate of drug-likeness (QED) is 0.684. The van der Waals surface area contributed by atoms with Crippen LogP contribution in [0.4, 0.5) is 0 Å². The SMILES string of the molecule is CCc1cc(-c2nc(-c3cc(C)nc(C)c3)no2)nc(CNCC(C)C)n1. The average Bonchev–Trinajstić information content (AvgIpc) is 3.10. The van der Waals surface area contributed by atoms with Gasteiger partial charge >= 0.3 is 0 Å². The van der Waals surface area contributed by atoms with E-state index in [1.807, 2.05) is 32.0 Å². The molecule has 0 aliphatic heterocycles. The van der Waals surface area contributed by atoms with Crippen LogP contribution in [0.15, 0.2) is 22.7 Å². The molecule has 0 aliphatic rings. The predicted molar refractivity (Wildman–Crippen MR) is 104 cm³/mol. The lowest BCUT2D eigenvalue weighted by Crippen LogP contribution is -2.20. The molecule has 0 aliphatic carbocycles. The van der Waals surface area contributed by atoms with Gasteiger partial charge in [-0.15, -0.1) is 0 Å². The molecule has 3 rings (SSSR count). The first-order valence-corrected chi connectivity index (χ1v) is 9.32. The molecular weight excluding hydrogens is 340 g/mol. The van der Waals surface area contributed by atoms with Crippen LogP contribution >= 0.6 is 0 Å². The molecule has 142 valence electrons. The summed E-state index contributed by atoms with van der Waals surface area (Å²) in [6.45, 7) is 11.8. The molecule has 0 aromatic carbocycles. The maximum absolute atomic E-state index is 5.49. The third kappa shape index (κ3) is 4.95. The van der Waals surface area contributed by atoms with E-state index in [9.17, 15) is 0 Å². The van der Waals surface area contributed by atoms with Crippen LogP contribution in [0.2, 0.25) is 0 Å². The van der Waals surface area contributed by atoms with Gasteiger partial charge in [-0.2, -0.15) is 4.98 Å². The molecule has 27 heavy (non-hydrogen) atoms. The van der Waals surface area contributed by atoms with E-state index < -0.39 is 0 Å². The van der Waals surface area contributed by atoms with Crippen molar-refractivity contribution in [3.05, 3.63) is 41.1 Å². The Hall–Kier alpha value is -2.67. The highest BCUT2D eigenvalue weighted by Gasteiger charge is 2.15. The van der Waals surface area contributed by atoms with Crippen molar-refractivity contribution >= 4 is 0 Å². The fourth-order valence-corrected chi connectivity index (χ4v) is 2.80. The molecule has 0 amide bonds. The van der Waals surface area contributed by atoms with Crippen LogP contribution in [0.25, 0.3) is 23.0 Å². The molecular formula is C20H26N6O. The minimum atomic E-state index is 0.402. The van der Waals surface area contributed by atoms with Crippen molar-refractivity contribution < 1.29 is 4.52 Å². The Labute approximate surface area is 159 Å². The summed E-state index contributed by atoms with van der Waals surface area (Å²) in [5.74, 6) is 2.25. The van der Waals surface area contributed by atoms with Crippen LogP contribution < -0.4 is 5.32 Å². The van der Waals surface area contributed by atoms with Crippen molar-refractivity contribution in [3.8, 4) is 23.0 Å². The summed E-state index contributed by atoms with van der Waals surface area (Å²) in [7, 11) is 0. The molecule has 0 unspecified atom stereocenters. The van der Waals surface area contributed by atoms with Crippen molar-refractivity contribution in [1.82, 2.24) is 30.4 Å². The Kier molecular flexibility index (Phi) is 5.91. The van der Waals surface area contributed by atoms with Crippen LogP contribution in [0, 0.1) is 19.8 Å². The lowest BCUT2D eigenvalue weighted by Gasteiger charge is -2.08. The Morgan fingerprint density at radius 2 is 1.74 bits per heavy atom. The molecule has 0 bridgehead atoms. The van der Waals surface area contributed by atoms with Crippen molar-refractivity contribution in [3.63, 3.8) is 0 Å². The third-order valence-corrected chi connectivity index (χ3v) is 4.01. The topological polar surface area (TPSA) is 89.6 Å². The highest BCUT2D eigenvalue weighted by Crippen LogP contribution is 2.22. The minimum absolute atomic E-state index is 0.402. The number of nitrogens with zero attached hydrogens (tertiary/aromatic N) is 5. The van der Waals surface area contributed by atoms with Crippen molar-refractivity contribution in [2.24, 2.45) is 5.92 Å². The van der Waals surface area contributed by atoms with E-state index in [0.29, 0.717) is 29.9 Å². The summed E-state index contributed by atoms with van der Waals surface area (Å²) >= 11 is 0. The Balaban J connectivity index is 1.88. The van der Waals surface area contributed by atoms with Crippen LogP contribution in [-0.2, 0) is 13.0 Å². The number of aromatic nitrogens is 5. The number of hydrogen-bond donors (Lipinski definition) is 1. The van der Waals surface area contributed by atoms with Gasteiger partial charge in [0, 0.05) is 22.6 Å². The monoisotopic (exact) mass is 366 g/mol. The van der Waals surface area contributed by atoms with Gasteiger partial charge in [-0.1, -0.05) is 25.9 Å². The number of nitrogens with one attached hydrogen (secondary N) is 1. The third-order valence-electron chi connectivity index (χ3n) is 4.01. The zero-order valence-electron chi connectivity index (χ0n) is 16.6. The summed E-state index contributed by atoms with van der Waals surface area (Å²) in [6, 6.07) is 5.80.